The van der Waals surface area contributed by atoms with Crippen LogP contribution >= 0.6 is 0 Å². The molecule has 0 aliphatic heterocycles. The summed E-state index contributed by atoms with van der Waals surface area (Å²) in [6.07, 6.45) is 12.2. The highest BCUT2D eigenvalue weighted by Gasteiger charge is 2.49. The largest absolute Gasteiger partial charge is 0.469 e. The summed E-state index contributed by atoms with van der Waals surface area (Å²) in [6, 6.07) is 19.4. The van der Waals surface area contributed by atoms with Crippen LogP contribution in [-0.4, -0.2) is 31.1 Å². The number of hydrogen-bond acceptors (Lipinski definition) is 4. The minimum absolute atomic E-state index is 0.180. The van der Waals surface area contributed by atoms with Gasteiger partial charge < -0.3 is 14.5 Å². The van der Waals surface area contributed by atoms with E-state index in [0.29, 0.717) is 12.8 Å². The molecule has 1 aromatic heterocycles. The summed E-state index contributed by atoms with van der Waals surface area (Å²) in [5.74, 6) is -0.902. The van der Waals surface area contributed by atoms with Crippen LogP contribution in [0.4, 0.5) is 0 Å². The zero-order chi connectivity index (χ0) is 29.2. The normalized spacial score (nSPS) is 23.2. The van der Waals surface area contributed by atoms with Crippen LogP contribution in [0, 0.1) is 11.8 Å². The number of carbonyl (C=O) groups is 2. The SMILES string of the molecule is C/C=C\C=C1/CC(CCC2(CC(C)C(=O)OC)c3ccccc3-c3[nH]ccc32)(CC(C)C(=O)OC)c2ccccc21. The number of nitrogens with one attached hydrogen (secondary N) is 1. The lowest BCUT2D eigenvalue weighted by molar-refractivity contribution is -0.146. The zero-order valence-electron chi connectivity index (χ0n) is 24.8. The number of allylic oxidation sites excluding steroid dienone is 4. The molecule has 5 rings (SSSR count). The lowest BCUT2D eigenvalue weighted by Gasteiger charge is -2.39. The van der Waals surface area contributed by atoms with Gasteiger partial charge in [-0.1, -0.05) is 80.6 Å². The number of hydrogen-bond donors (Lipinski definition) is 1. The molecule has 41 heavy (non-hydrogen) atoms. The average molecular weight is 552 g/mol. The molecule has 4 unspecified atom stereocenters. The molecule has 0 spiro atoms. The predicted octanol–water partition coefficient (Wildman–Crippen LogP) is 7.76. The Morgan fingerprint density at radius 1 is 0.854 bits per heavy atom. The molecule has 214 valence electrons. The Kier molecular flexibility index (Phi) is 8.08. The molecule has 1 heterocycles. The first kappa shape index (κ1) is 28.7. The topological polar surface area (TPSA) is 68.4 Å². The third-order valence-corrected chi connectivity index (χ3v) is 9.43. The molecule has 2 aromatic carbocycles. The molecule has 0 saturated carbocycles. The van der Waals surface area contributed by atoms with E-state index in [4.69, 9.17) is 9.47 Å². The first-order chi connectivity index (χ1) is 19.8. The summed E-state index contributed by atoms with van der Waals surface area (Å²) < 4.78 is 10.4. The van der Waals surface area contributed by atoms with E-state index in [1.807, 2.05) is 27.0 Å². The molecule has 0 radical (unpaired) electrons. The maximum atomic E-state index is 12.8. The second-order valence-corrected chi connectivity index (χ2v) is 11.9. The molecular formula is C36H41NO4. The Morgan fingerprint density at radius 2 is 1.49 bits per heavy atom. The van der Waals surface area contributed by atoms with Crippen molar-refractivity contribution in [2.24, 2.45) is 11.8 Å². The predicted molar refractivity (Wildman–Crippen MR) is 163 cm³/mol. The van der Waals surface area contributed by atoms with E-state index in [9.17, 15) is 9.59 Å². The summed E-state index contributed by atoms with van der Waals surface area (Å²) in [6.45, 7) is 5.98. The van der Waals surface area contributed by atoms with Crippen LogP contribution in [0.3, 0.4) is 0 Å². The van der Waals surface area contributed by atoms with Crippen LogP contribution in [0.2, 0.25) is 0 Å². The van der Waals surface area contributed by atoms with E-state index < -0.39 is 0 Å². The number of esters is 2. The summed E-state index contributed by atoms with van der Waals surface area (Å²) in [7, 11) is 2.94. The Morgan fingerprint density at radius 3 is 2.17 bits per heavy atom. The number of carbonyl (C=O) groups excluding carboxylic acids is 2. The van der Waals surface area contributed by atoms with Gasteiger partial charge in [0.05, 0.1) is 26.1 Å². The van der Waals surface area contributed by atoms with E-state index in [-0.39, 0.29) is 34.6 Å². The van der Waals surface area contributed by atoms with Gasteiger partial charge in [0.25, 0.3) is 0 Å². The average Bonchev–Trinajstić information content (AvgIpc) is 3.67. The van der Waals surface area contributed by atoms with Crippen LogP contribution in [0.15, 0.2) is 79.0 Å². The molecule has 2 aliphatic carbocycles. The highest BCUT2D eigenvalue weighted by atomic mass is 16.5. The molecule has 0 bridgehead atoms. The number of methoxy groups -OCH3 is 2. The minimum atomic E-state index is -0.369. The second kappa shape index (κ2) is 11.6. The van der Waals surface area contributed by atoms with Gasteiger partial charge in [0.1, 0.15) is 0 Å². The van der Waals surface area contributed by atoms with Crippen molar-refractivity contribution < 1.29 is 19.1 Å². The van der Waals surface area contributed by atoms with Crippen molar-refractivity contribution in [3.63, 3.8) is 0 Å². The van der Waals surface area contributed by atoms with Gasteiger partial charge in [-0.2, -0.15) is 0 Å². The Bertz CT molecular complexity index is 1500. The fraction of sp³-hybridized carbons (Fsp3) is 0.389. The van der Waals surface area contributed by atoms with E-state index in [2.05, 4.69) is 77.8 Å². The third kappa shape index (κ3) is 4.96. The maximum absolute atomic E-state index is 12.8. The highest BCUT2D eigenvalue weighted by molar-refractivity contribution is 5.81. The van der Waals surface area contributed by atoms with Crippen molar-refractivity contribution in [2.45, 2.75) is 63.7 Å². The van der Waals surface area contributed by atoms with Crippen molar-refractivity contribution in [3.8, 4) is 11.3 Å². The van der Waals surface area contributed by atoms with Crippen molar-refractivity contribution in [1.82, 2.24) is 4.98 Å². The smallest absolute Gasteiger partial charge is 0.308 e. The lowest BCUT2D eigenvalue weighted by Crippen LogP contribution is -2.35. The number of rotatable bonds is 10. The summed E-state index contributed by atoms with van der Waals surface area (Å²) in [5.41, 5.74) is 8.04. The fourth-order valence-corrected chi connectivity index (χ4v) is 7.63. The van der Waals surface area contributed by atoms with Crippen LogP contribution in [0.25, 0.3) is 16.8 Å². The van der Waals surface area contributed by atoms with Crippen LogP contribution in [0.1, 0.15) is 75.1 Å². The zero-order valence-corrected chi connectivity index (χ0v) is 24.8. The molecule has 4 atom stereocenters. The van der Waals surface area contributed by atoms with Gasteiger partial charge in [-0.05, 0) is 72.9 Å². The molecule has 3 aromatic rings. The Labute approximate surface area is 243 Å². The molecule has 5 heteroatoms. The van der Waals surface area contributed by atoms with Crippen LogP contribution < -0.4 is 0 Å². The number of ether oxygens (including phenoxy) is 2. The molecule has 0 saturated heterocycles. The first-order valence-corrected chi connectivity index (χ1v) is 14.7. The van der Waals surface area contributed by atoms with Gasteiger partial charge in [0, 0.05) is 28.3 Å². The van der Waals surface area contributed by atoms with E-state index in [0.717, 1.165) is 25.0 Å². The molecular weight excluding hydrogens is 510 g/mol. The van der Waals surface area contributed by atoms with E-state index in [1.165, 1.54) is 47.6 Å². The van der Waals surface area contributed by atoms with Gasteiger partial charge in [0.2, 0.25) is 0 Å². The maximum Gasteiger partial charge on any atom is 0.308 e. The van der Waals surface area contributed by atoms with Crippen molar-refractivity contribution >= 4 is 17.5 Å². The van der Waals surface area contributed by atoms with Crippen LogP contribution in [0.5, 0.6) is 0 Å². The minimum Gasteiger partial charge on any atom is -0.469 e. The van der Waals surface area contributed by atoms with Crippen LogP contribution in [-0.2, 0) is 29.9 Å². The van der Waals surface area contributed by atoms with Gasteiger partial charge in [-0.15, -0.1) is 0 Å². The fourth-order valence-electron chi connectivity index (χ4n) is 7.63. The lowest BCUT2D eigenvalue weighted by atomic mass is 9.64. The van der Waals surface area contributed by atoms with Gasteiger partial charge in [0.15, 0.2) is 0 Å². The van der Waals surface area contributed by atoms with Gasteiger partial charge in [-0.25, -0.2) is 0 Å². The molecule has 1 N–H and O–H groups in total. The summed E-state index contributed by atoms with van der Waals surface area (Å²) in [5, 5.41) is 0. The molecule has 5 nitrogen and oxygen atoms in total. The standard InChI is InChI=1S/C36H41NO4/c1-6-7-12-26-23-35(21-24(2)33(38)40-4,29-15-10-8-13-27(26)29)18-19-36(22-25(3)34(39)41-5)30-16-11-9-14-28(30)32-31(36)17-20-37-32/h6-17,20,24-25,37H,18-19,21-23H2,1-5H3/b7-6-,26-12+. The van der Waals surface area contributed by atoms with Gasteiger partial charge >= 0.3 is 11.9 Å². The summed E-state index contributed by atoms with van der Waals surface area (Å²) in [4.78, 5) is 29.1. The van der Waals surface area contributed by atoms with Crippen molar-refractivity contribution in [3.05, 3.63) is 101 Å². The number of aromatic amines is 1. The Balaban J connectivity index is 1.63. The van der Waals surface area contributed by atoms with E-state index in [1.54, 1.807) is 0 Å². The number of H-pyrrole nitrogens is 1. The third-order valence-electron chi connectivity index (χ3n) is 9.43. The summed E-state index contributed by atoms with van der Waals surface area (Å²) >= 11 is 0. The van der Waals surface area contributed by atoms with Crippen molar-refractivity contribution in [1.29, 1.82) is 0 Å². The molecule has 0 amide bonds. The van der Waals surface area contributed by atoms with E-state index >= 15 is 0 Å². The molecule has 2 aliphatic rings. The second-order valence-electron chi connectivity index (χ2n) is 11.9. The first-order valence-electron chi connectivity index (χ1n) is 14.7. The Hall–Kier alpha value is -3.86. The monoisotopic (exact) mass is 551 g/mol. The molecule has 0 fully saturated rings. The van der Waals surface area contributed by atoms with Crippen molar-refractivity contribution in [2.75, 3.05) is 14.2 Å². The van der Waals surface area contributed by atoms with Gasteiger partial charge in [-0.3, -0.25) is 9.59 Å². The number of fused-ring (bicyclic) bond motifs is 4. The number of aromatic nitrogens is 1. The number of benzene rings is 2. The quantitative estimate of drug-likeness (QED) is 0.262. The highest BCUT2D eigenvalue weighted by Crippen LogP contribution is 2.58.